The second kappa shape index (κ2) is 8.29. The minimum absolute atomic E-state index is 0.155. The van der Waals surface area contributed by atoms with Gasteiger partial charge in [-0.1, -0.05) is 13.0 Å². The molecule has 2 fully saturated rings. The van der Waals surface area contributed by atoms with E-state index < -0.39 is 10.0 Å². The van der Waals surface area contributed by atoms with Crippen LogP contribution in [0.25, 0.3) is 0 Å². The Balaban J connectivity index is 1.57. The van der Waals surface area contributed by atoms with Gasteiger partial charge < -0.3 is 9.80 Å². The Bertz CT molecular complexity index is 786. The maximum Gasteiger partial charge on any atom is 0.277 e. The smallest absolute Gasteiger partial charge is 0.277 e. The van der Waals surface area contributed by atoms with Crippen LogP contribution in [0.4, 0.5) is 0 Å². The van der Waals surface area contributed by atoms with Crippen LogP contribution in [0.1, 0.15) is 30.9 Å². The number of quaternary nitrogens is 1. The van der Waals surface area contributed by atoms with E-state index in [2.05, 4.69) is 6.92 Å². The molecular weight excluding hydrogens is 362 g/mol. The van der Waals surface area contributed by atoms with Gasteiger partial charge in [0, 0.05) is 32.1 Å². The maximum atomic E-state index is 12.9. The normalized spacial score (nSPS) is 24.8. The van der Waals surface area contributed by atoms with Gasteiger partial charge in [0.25, 0.3) is 5.91 Å². The van der Waals surface area contributed by atoms with Crippen LogP contribution >= 0.6 is 0 Å². The predicted molar refractivity (Wildman–Crippen MR) is 105 cm³/mol. The number of benzene rings is 1. The van der Waals surface area contributed by atoms with E-state index in [4.69, 9.17) is 0 Å². The van der Waals surface area contributed by atoms with Crippen LogP contribution in [0.15, 0.2) is 23.1 Å². The number of amides is 1. The van der Waals surface area contributed by atoms with Gasteiger partial charge in [-0.3, -0.25) is 4.79 Å². The quantitative estimate of drug-likeness (QED) is 0.807. The second-order valence-corrected chi connectivity index (χ2v) is 10.1. The van der Waals surface area contributed by atoms with Gasteiger partial charge in [-0.05, 0) is 49.9 Å². The molecule has 2 atom stereocenters. The molecule has 27 heavy (non-hydrogen) atoms. The Hall–Kier alpha value is -1.44. The highest BCUT2D eigenvalue weighted by Crippen LogP contribution is 2.20. The average Bonchev–Trinajstić information content (AvgIpc) is 2.64. The Morgan fingerprint density at radius 1 is 1.15 bits per heavy atom. The van der Waals surface area contributed by atoms with Gasteiger partial charge >= 0.3 is 0 Å². The largest absolute Gasteiger partial charge is 0.335 e. The molecule has 0 radical (unpaired) electrons. The van der Waals surface area contributed by atoms with Crippen molar-refractivity contribution in [2.24, 2.45) is 5.92 Å². The van der Waals surface area contributed by atoms with Crippen LogP contribution in [0.5, 0.6) is 0 Å². The average molecular weight is 395 g/mol. The van der Waals surface area contributed by atoms with Gasteiger partial charge in [0.2, 0.25) is 10.0 Å². The molecule has 0 saturated carbocycles. The van der Waals surface area contributed by atoms with Gasteiger partial charge in [0.1, 0.15) is 0 Å². The molecule has 150 valence electrons. The summed E-state index contributed by atoms with van der Waals surface area (Å²) in [6, 6.07) is 5.27. The molecule has 2 saturated heterocycles. The number of likely N-dealkylation sites (tertiary alicyclic amines) is 1. The summed E-state index contributed by atoms with van der Waals surface area (Å²) in [7, 11) is -3.49. The van der Waals surface area contributed by atoms with Crippen LogP contribution in [-0.2, 0) is 14.8 Å². The Morgan fingerprint density at radius 3 is 2.48 bits per heavy atom. The van der Waals surface area contributed by atoms with E-state index in [1.165, 1.54) is 22.0 Å². The minimum atomic E-state index is -3.49. The van der Waals surface area contributed by atoms with Crippen molar-refractivity contribution >= 4 is 15.9 Å². The molecule has 1 N–H and O–H groups in total. The third-order valence-corrected chi connectivity index (χ3v) is 7.87. The fourth-order valence-corrected chi connectivity index (χ4v) is 5.59. The number of carbonyl (C=O) groups excluding carboxylic acids is 1. The van der Waals surface area contributed by atoms with Crippen molar-refractivity contribution in [3.8, 4) is 0 Å². The molecular formula is C20H32N3O3S+. The number of rotatable bonds is 4. The molecule has 6 nitrogen and oxygen atoms in total. The van der Waals surface area contributed by atoms with E-state index in [0.717, 1.165) is 24.2 Å². The lowest BCUT2D eigenvalue weighted by Gasteiger charge is -2.35. The van der Waals surface area contributed by atoms with Gasteiger partial charge in [0.05, 0.1) is 18.0 Å². The molecule has 2 aliphatic rings. The number of hydrogen-bond donors (Lipinski definition) is 1. The minimum Gasteiger partial charge on any atom is -0.335 e. The van der Waals surface area contributed by atoms with E-state index >= 15 is 0 Å². The van der Waals surface area contributed by atoms with Crippen molar-refractivity contribution in [2.75, 3.05) is 45.8 Å². The third-order valence-electron chi connectivity index (χ3n) is 5.97. The van der Waals surface area contributed by atoms with Gasteiger partial charge in [-0.2, -0.15) is 4.31 Å². The SMILES string of the molecule is Cc1ccc(S(=O)(=O)N2CCN(C(=O)C[NH+]3CCC[C@H](C)C3)CC2)cc1C. The van der Waals surface area contributed by atoms with Crippen LogP contribution in [0.2, 0.25) is 0 Å². The molecule has 3 rings (SSSR count). The lowest BCUT2D eigenvalue weighted by Crippen LogP contribution is -3.14. The summed E-state index contributed by atoms with van der Waals surface area (Å²) >= 11 is 0. The van der Waals surface area contributed by atoms with Gasteiger partial charge in [-0.15, -0.1) is 0 Å². The van der Waals surface area contributed by atoms with Crippen molar-refractivity contribution in [3.63, 3.8) is 0 Å². The highest BCUT2D eigenvalue weighted by atomic mass is 32.2. The summed E-state index contributed by atoms with van der Waals surface area (Å²) in [6.45, 7) is 10.5. The van der Waals surface area contributed by atoms with Gasteiger partial charge in [0.15, 0.2) is 6.54 Å². The summed E-state index contributed by atoms with van der Waals surface area (Å²) < 4.78 is 27.3. The van der Waals surface area contributed by atoms with Gasteiger partial charge in [-0.25, -0.2) is 8.42 Å². The zero-order chi connectivity index (χ0) is 19.6. The lowest BCUT2D eigenvalue weighted by atomic mass is 10.0. The first kappa shape index (κ1) is 20.3. The van der Waals surface area contributed by atoms with Crippen molar-refractivity contribution in [1.82, 2.24) is 9.21 Å². The molecule has 1 amide bonds. The molecule has 0 aromatic heterocycles. The zero-order valence-corrected chi connectivity index (χ0v) is 17.5. The maximum absolute atomic E-state index is 12.9. The molecule has 0 aliphatic carbocycles. The van der Waals surface area contributed by atoms with E-state index in [0.29, 0.717) is 43.5 Å². The summed E-state index contributed by atoms with van der Waals surface area (Å²) in [5, 5.41) is 0. The molecule has 2 aliphatic heterocycles. The van der Waals surface area contributed by atoms with E-state index in [1.54, 1.807) is 12.1 Å². The van der Waals surface area contributed by atoms with Crippen LogP contribution < -0.4 is 4.90 Å². The number of nitrogens with zero attached hydrogens (tertiary/aromatic N) is 2. The Morgan fingerprint density at radius 2 is 1.85 bits per heavy atom. The predicted octanol–water partition coefficient (Wildman–Crippen LogP) is 0.451. The van der Waals surface area contributed by atoms with Crippen molar-refractivity contribution in [1.29, 1.82) is 0 Å². The Labute approximate surface area is 163 Å². The summed E-state index contributed by atoms with van der Waals surface area (Å²) in [4.78, 5) is 16.2. The molecule has 0 bridgehead atoms. The topological polar surface area (TPSA) is 62.1 Å². The summed E-state index contributed by atoms with van der Waals surface area (Å²) in [5.41, 5.74) is 2.06. The van der Waals surface area contributed by atoms with Crippen molar-refractivity contribution in [3.05, 3.63) is 29.3 Å². The lowest BCUT2D eigenvalue weighted by molar-refractivity contribution is -0.900. The summed E-state index contributed by atoms with van der Waals surface area (Å²) in [5.74, 6) is 0.837. The van der Waals surface area contributed by atoms with Crippen LogP contribution in [0.3, 0.4) is 0 Å². The first-order valence-electron chi connectivity index (χ1n) is 9.96. The number of carbonyl (C=O) groups is 1. The number of hydrogen-bond acceptors (Lipinski definition) is 3. The zero-order valence-electron chi connectivity index (χ0n) is 16.7. The Kier molecular flexibility index (Phi) is 6.23. The number of piperazine rings is 1. The molecule has 7 heteroatoms. The number of piperidine rings is 1. The standard InChI is InChI=1S/C20H31N3O3S/c1-16-5-4-8-21(14-16)15-20(24)22-9-11-23(12-10-22)27(25,26)19-7-6-17(2)18(3)13-19/h6-7,13,16H,4-5,8-12,14-15H2,1-3H3/p+1/t16-/m0/s1. The molecule has 0 spiro atoms. The molecule has 2 heterocycles. The highest BCUT2D eigenvalue weighted by molar-refractivity contribution is 7.89. The van der Waals surface area contributed by atoms with Crippen LogP contribution in [0, 0.1) is 19.8 Å². The fraction of sp³-hybridized carbons (Fsp3) is 0.650. The van der Waals surface area contributed by atoms with E-state index in [-0.39, 0.29) is 5.91 Å². The summed E-state index contributed by atoms with van der Waals surface area (Å²) in [6.07, 6.45) is 2.44. The molecule has 1 aromatic rings. The molecule has 1 aromatic carbocycles. The molecule has 1 unspecified atom stereocenters. The highest BCUT2D eigenvalue weighted by Gasteiger charge is 2.32. The van der Waals surface area contributed by atoms with Crippen LogP contribution in [-0.4, -0.2) is 69.3 Å². The third kappa shape index (κ3) is 4.70. The fourth-order valence-electron chi connectivity index (χ4n) is 4.08. The van der Waals surface area contributed by atoms with E-state index in [9.17, 15) is 13.2 Å². The number of nitrogens with one attached hydrogen (secondary N) is 1. The number of sulfonamides is 1. The van der Waals surface area contributed by atoms with Crippen molar-refractivity contribution in [2.45, 2.75) is 38.5 Å². The van der Waals surface area contributed by atoms with Crippen molar-refractivity contribution < 1.29 is 18.1 Å². The second-order valence-electron chi connectivity index (χ2n) is 8.16. The monoisotopic (exact) mass is 394 g/mol. The number of aryl methyl sites for hydroxylation is 2. The van der Waals surface area contributed by atoms with E-state index in [1.807, 2.05) is 24.8 Å². The first-order chi connectivity index (χ1) is 12.8. The first-order valence-corrected chi connectivity index (χ1v) is 11.4.